The van der Waals surface area contributed by atoms with Gasteiger partial charge in [0.05, 0.1) is 12.7 Å². The molecule has 5 heteroatoms. The van der Waals surface area contributed by atoms with Gasteiger partial charge in [0, 0.05) is 31.7 Å². The molecular formula is C16H23ClN2O2. The SMILES string of the molecule is COC(=O)c1cccc(CN2CCC3CCC(C2)N3)c1.Cl. The highest BCUT2D eigenvalue weighted by Gasteiger charge is 2.29. The molecule has 2 bridgehead atoms. The lowest BCUT2D eigenvalue weighted by Crippen LogP contribution is -2.34. The summed E-state index contributed by atoms with van der Waals surface area (Å²) in [7, 11) is 1.42. The maximum atomic E-state index is 11.6. The summed E-state index contributed by atoms with van der Waals surface area (Å²) in [6.07, 6.45) is 3.85. The standard InChI is InChI=1S/C16H22N2O2.ClH/c1-20-16(19)13-4-2-3-12(9-13)10-18-8-7-14-5-6-15(11-18)17-14;/h2-4,9,14-15,17H,5-8,10-11H2,1H3;1H. The number of fused-ring (bicyclic) bond motifs is 2. The van der Waals surface area contributed by atoms with Crippen molar-refractivity contribution >= 4 is 18.4 Å². The molecule has 2 aliphatic heterocycles. The second-order valence-electron chi connectivity index (χ2n) is 5.85. The van der Waals surface area contributed by atoms with Gasteiger partial charge in [-0.15, -0.1) is 12.4 Å². The quantitative estimate of drug-likeness (QED) is 0.869. The summed E-state index contributed by atoms with van der Waals surface area (Å²) in [4.78, 5) is 14.1. The average molecular weight is 311 g/mol. The number of rotatable bonds is 3. The van der Waals surface area contributed by atoms with Crippen LogP contribution in [0.4, 0.5) is 0 Å². The first-order valence-corrected chi connectivity index (χ1v) is 7.40. The Bertz CT molecular complexity index is 495. The molecular weight excluding hydrogens is 288 g/mol. The van der Waals surface area contributed by atoms with E-state index in [1.165, 1.54) is 31.9 Å². The van der Waals surface area contributed by atoms with E-state index in [0.717, 1.165) is 19.6 Å². The fourth-order valence-electron chi connectivity index (χ4n) is 3.33. The fourth-order valence-corrected chi connectivity index (χ4v) is 3.33. The number of halogens is 1. The van der Waals surface area contributed by atoms with Crippen LogP contribution in [0.25, 0.3) is 0 Å². The second kappa shape index (κ2) is 7.25. The Balaban J connectivity index is 0.00000161. The molecule has 2 heterocycles. The number of hydrogen-bond donors (Lipinski definition) is 1. The number of methoxy groups -OCH3 is 1. The predicted octanol–water partition coefficient (Wildman–Crippen LogP) is 2.22. The van der Waals surface area contributed by atoms with Crippen LogP contribution in [0.2, 0.25) is 0 Å². The first-order valence-electron chi connectivity index (χ1n) is 7.40. The number of nitrogens with zero attached hydrogens (tertiary/aromatic N) is 1. The van der Waals surface area contributed by atoms with Gasteiger partial charge in [-0.05, 0) is 37.0 Å². The van der Waals surface area contributed by atoms with Crippen LogP contribution in [0, 0.1) is 0 Å². The largest absolute Gasteiger partial charge is 0.465 e. The molecule has 0 aliphatic carbocycles. The fraction of sp³-hybridized carbons (Fsp3) is 0.562. The molecule has 2 unspecified atom stereocenters. The molecule has 1 N–H and O–H groups in total. The molecule has 21 heavy (non-hydrogen) atoms. The lowest BCUT2D eigenvalue weighted by molar-refractivity contribution is 0.0600. The molecule has 0 spiro atoms. The van der Waals surface area contributed by atoms with Gasteiger partial charge in [0.25, 0.3) is 0 Å². The van der Waals surface area contributed by atoms with Crippen molar-refractivity contribution in [2.24, 2.45) is 0 Å². The van der Waals surface area contributed by atoms with Crippen LogP contribution in [0.15, 0.2) is 24.3 Å². The highest BCUT2D eigenvalue weighted by atomic mass is 35.5. The molecule has 1 aromatic carbocycles. The minimum Gasteiger partial charge on any atom is -0.465 e. The van der Waals surface area contributed by atoms with E-state index in [1.807, 2.05) is 12.1 Å². The van der Waals surface area contributed by atoms with Gasteiger partial charge in [-0.25, -0.2) is 4.79 Å². The predicted molar refractivity (Wildman–Crippen MR) is 84.9 cm³/mol. The molecule has 0 saturated carbocycles. The number of esters is 1. The summed E-state index contributed by atoms with van der Waals surface area (Å²) >= 11 is 0. The van der Waals surface area contributed by atoms with Crippen molar-refractivity contribution in [3.05, 3.63) is 35.4 Å². The van der Waals surface area contributed by atoms with Gasteiger partial charge in [0.1, 0.15) is 0 Å². The van der Waals surface area contributed by atoms with Crippen molar-refractivity contribution in [2.75, 3.05) is 20.2 Å². The van der Waals surface area contributed by atoms with Gasteiger partial charge in [0.15, 0.2) is 0 Å². The molecule has 0 amide bonds. The molecule has 1 aromatic rings. The van der Waals surface area contributed by atoms with Crippen molar-refractivity contribution in [3.63, 3.8) is 0 Å². The number of ether oxygens (including phenoxy) is 1. The van der Waals surface area contributed by atoms with Gasteiger partial charge in [-0.1, -0.05) is 12.1 Å². The molecule has 0 radical (unpaired) electrons. The molecule has 116 valence electrons. The smallest absolute Gasteiger partial charge is 0.337 e. The zero-order valence-corrected chi connectivity index (χ0v) is 13.2. The Morgan fingerprint density at radius 3 is 2.95 bits per heavy atom. The number of carbonyl (C=O) groups excluding carboxylic acids is 1. The minimum atomic E-state index is -0.261. The zero-order chi connectivity index (χ0) is 13.9. The van der Waals surface area contributed by atoms with E-state index in [0.29, 0.717) is 17.6 Å². The molecule has 2 atom stereocenters. The van der Waals surface area contributed by atoms with Gasteiger partial charge in [-0.2, -0.15) is 0 Å². The van der Waals surface area contributed by atoms with Gasteiger partial charge in [0.2, 0.25) is 0 Å². The summed E-state index contributed by atoms with van der Waals surface area (Å²) in [6, 6.07) is 9.13. The highest BCUT2D eigenvalue weighted by molar-refractivity contribution is 5.89. The van der Waals surface area contributed by atoms with Crippen LogP contribution in [0.3, 0.4) is 0 Å². The molecule has 0 aromatic heterocycles. The average Bonchev–Trinajstić information content (AvgIpc) is 2.81. The Labute approximate surface area is 132 Å². The molecule has 2 fully saturated rings. The third kappa shape index (κ3) is 3.96. The molecule has 2 aliphatic rings. The van der Waals surface area contributed by atoms with Crippen LogP contribution in [0.1, 0.15) is 35.2 Å². The Morgan fingerprint density at radius 2 is 2.14 bits per heavy atom. The zero-order valence-electron chi connectivity index (χ0n) is 12.4. The van der Waals surface area contributed by atoms with E-state index < -0.39 is 0 Å². The Hall–Kier alpha value is -1.10. The summed E-state index contributed by atoms with van der Waals surface area (Å²) in [5.41, 5.74) is 1.82. The normalized spacial score (nSPS) is 25.0. The maximum absolute atomic E-state index is 11.6. The summed E-state index contributed by atoms with van der Waals surface area (Å²) < 4.78 is 4.78. The number of carbonyl (C=O) groups is 1. The van der Waals surface area contributed by atoms with Crippen molar-refractivity contribution in [2.45, 2.75) is 37.9 Å². The van der Waals surface area contributed by atoms with E-state index in [-0.39, 0.29) is 18.4 Å². The third-order valence-corrected chi connectivity index (χ3v) is 4.36. The van der Waals surface area contributed by atoms with Crippen LogP contribution in [0.5, 0.6) is 0 Å². The number of nitrogens with one attached hydrogen (secondary N) is 1. The number of likely N-dealkylation sites (tertiary alicyclic amines) is 1. The van der Waals surface area contributed by atoms with Crippen molar-refractivity contribution in [1.82, 2.24) is 10.2 Å². The van der Waals surface area contributed by atoms with Crippen LogP contribution in [-0.2, 0) is 11.3 Å². The van der Waals surface area contributed by atoms with E-state index in [4.69, 9.17) is 4.74 Å². The van der Waals surface area contributed by atoms with Gasteiger partial charge >= 0.3 is 5.97 Å². The maximum Gasteiger partial charge on any atom is 0.337 e. The number of benzene rings is 1. The topological polar surface area (TPSA) is 41.6 Å². The van der Waals surface area contributed by atoms with Crippen LogP contribution >= 0.6 is 12.4 Å². The van der Waals surface area contributed by atoms with Gasteiger partial charge < -0.3 is 10.1 Å². The van der Waals surface area contributed by atoms with Crippen molar-refractivity contribution in [1.29, 1.82) is 0 Å². The first kappa shape index (κ1) is 16.3. The lowest BCUT2D eigenvalue weighted by atomic mass is 10.1. The Morgan fingerprint density at radius 1 is 1.33 bits per heavy atom. The van der Waals surface area contributed by atoms with E-state index in [2.05, 4.69) is 16.3 Å². The molecule has 2 saturated heterocycles. The summed E-state index contributed by atoms with van der Waals surface area (Å²) in [5.74, 6) is -0.261. The second-order valence-corrected chi connectivity index (χ2v) is 5.85. The van der Waals surface area contributed by atoms with Gasteiger partial charge in [-0.3, -0.25) is 4.90 Å². The highest BCUT2D eigenvalue weighted by Crippen LogP contribution is 2.21. The Kier molecular flexibility index (Phi) is 5.62. The molecule has 4 nitrogen and oxygen atoms in total. The van der Waals surface area contributed by atoms with Crippen LogP contribution < -0.4 is 5.32 Å². The van der Waals surface area contributed by atoms with Crippen LogP contribution in [-0.4, -0.2) is 43.2 Å². The van der Waals surface area contributed by atoms with E-state index in [1.54, 1.807) is 6.07 Å². The third-order valence-electron chi connectivity index (χ3n) is 4.36. The monoisotopic (exact) mass is 310 g/mol. The summed E-state index contributed by atoms with van der Waals surface area (Å²) in [6.45, 7) is 3.16. The summed E-state index contributed by atoms with van der Waals surface area (Å²) in [5, 5.41) is 3.69. The first-order chi connectivity index (χ1) is 9.74. The van der Waals surface area contributed by atoms with E-state index in [9.17, 15) is 4.79 Å². The lowest BCUT2D eigenvalue weighted by Gasteiger charge is -2.24. The van der Waals surface area contributed by atoms with Crippen molar-refractivity contribution in [3.8, 4) is 0 Å². The van der Waals surface area contributed by atoms with Crippen molar-refractivity contribution < 1.29 is 9.53 Å². The molecule has 3 rings (SSSR count). The number of hydrogen-bond acceptors (Lipinski definition) is 4. The van der Waals surface area contributed by atoms with E-state index >= 15 is 0 Å². The minimum absolute atomic E-state index is 0.